The second-order valence-corrected chi connectivity index (χ2v) is 5.46. The smallest absolute Gasteiger partial charge is 0.286 e. The van der Waals surface area contributed by atoms with Gasteiger partial charge in [-0.2, -0.15) is 0 Å². The highest BCUT2D eigenvalue weighted by Crippen LogP contribution is 2.16. The predicted octanol–water partition coefficient (Wildman–Crippen LogP) is 1.73. The van der Waals surface area contributed by atoms with Crippen LogP contribution in [0.4, 0.5) is 0 Å². The Morgan fingerprint density at radius 1 is 1.50 bits per heavy atom. The summed E-state index contributed by atoms with van der Waals surface area (Å²) in [5.41, 5.74) is 5.45. The van der Waals surface area contributed by atoms with Crippen molar-refractivity contribution >= 4 is 5.91 Å². The summed E-state index contributed by atoms with van der Waals surface area (Å²) in [6, 6.07) is 4.09. The normalized spacial score (nSPS) is 20.0. The molecule has 0 spiro atoms. The van der Waals surface area contributed by atoms with Crippen molar-refractivity contribution in [2.75, 3.05) is 19.6 Å². The molecule has 0 bridgehead atoms. The largest absolute Gasteiger partial charge is 0.455 e. The van der Waals surface area contributed by atoms with Crippen molar-refractivity contribution in [2.24, 2.45) is 5.73 Å². The summed E-state index contributed by atoms with van der Waals surface area (Å²) in [6.07, 6.45) is 4.91. The lowest BCUT2D eigenvalue weighted by atomic mass is 10.0. The maximum atomic E-state index is 11.8. The van der Waals surface area contributed by atoms with E-state index in [1.165, 1.54) is 25.8 Å². The van der Waals surface area contributed by atoms with Gasteiger partial charge in [0.2, 0.25) is 0 Å². The Kier molecular flexibility index (Phi) is 5.61. The maximum absolute atomic E-state index is 11.8. The molecule has 1 aliphatic heterocycles. The summed E-state index contributed by atoms with van der Waals surface area (Å²) in [5.74, 6) is 0.825. The van der Waals surface area contributed by atoms with Crippen LogP contribution in [-0.2, 0) is 6.54 Å². The SMILES string of the molecule is CC1CCCCN1CCCNC(=O)c1ccc(CN)o1. The number of hydrogen-bond donors (Lipinski definition) is 2. The van der Waals surface area contributed by atoms with Gasteiger partial charge in [-0.15, -0.1) is 0 Å². The van der Waals surface area contributed by atoms with Gasteiger partial charge in [-0.05, 0) is 44.9 Å². The van der Waals surface area contributed by atoms with Crippen LogP contribution in [0.15, 0.2) is 16.5 Å². The van der Waals surface area contributed by atoms with Crippen molar-refractivity contribution in [3.63, 3.8) is 0 Å². The molecule has 0 aliphatic carbocycles. The molecule has 1 aromatic rings. The number of amides is 1. The minimum absolute atomic E-state index is 0.156. The van der Waals surface area contributed by atoms with Gasteiger partial charge in [-0.25, -0.2) is 0 Å². The molecule has 0 aromatic carbocycles. The highest BCUT2D eigenvalue weighted by atomic mass is 16.4. The van der Waals surface area contributed by atoms with Gasteiger partial charge in [-0.3, -0.25) is 4.79 Å². The molecule has 1 saturated heterocycles. The number of carbonyl (C=O) groups excluding carboxylic acids is 1. The number of carbonyl (C=O) groups is 1. The number of nitrogens with one attached hydrogen (secondary N) is 1. The molecule has 2 rings (SSSR count). The summed E-state index contributed by atoms with van der Waals surface area (Å²) in [4.78, 5) is 14.3. The third-order valence-corrected chi connectivity index (χ3v) is 3.93. The second-order valence-electron chi connectivity index (χ2n) is 5.46. The molecule has 1 amide bonds. The molecule has 1 unspecified atom stereocenters. The van der Waals surface area contributed by atoms with Crippen molar-refractivity contribution in [1.82, 2.24) is 10.2 Å². The van der Waals surface area contributed by atoms with Crippen LogP contribution in [-0.4, -0.2) is 36.5 Å². The van der Waals surface area contributed by atoms with Crippen molar-refractivity contribution in [3.05, 3.63) is 23.7 Å². The van der Waals surface area contributed by atoms with Crippen molar-refractivity contribution < 1.29 is 9.21 Å². The first-order valence-electron chi connectivity index (χ1n) is 7.51. The molecule has 112 valence electrons. The summed E-state index contributed by atoms with van der Waals surface area (Å²) in [5, 5.41) is 2.89. The van der Waals surface area contributed by atoms with E-state index in [-0.39, 0.29) is 5.91 Å². The van der Waals surface area contributed by atoms with Gasteiger partial charge >= 0.3 is 0 Å². The van der Waals surface area contributed by atoms with E-state index in [0.29, 0.717) is 30.7 Å². The number of furan rings is 1. The molecule has 1 fully saturated rings. The molecule has 3 N–H and O–H groups in total. The van der Waals surface area contributed by atoms with Crippen LogP contribution in [0.5, 0.6) is 0 Å². The van der Waals surface area contributed by atoms with Crippen LogP contribution >= 0.6 is 0 Å². The molecule has 0 radical (unpaired) electrons. The third kappa shape index (κ3) is 4.08. The van der Waals surface area contributed by atoms with Gasteiger partial charge in [0, 0.05) is 19.1 Å². The fraction of sp³-hybridized carbons (Fsp3) is 0.667. The summed E-state index contributed by atoms with van der Waals surface area (Å²) < 4.78 is 5.31. The molecule has 1 aromatic heterocycles. The van der Waals surface area contributed by atoms with Crippen LogP contribution in [0.25, 0.3) is 0 Å². The number of nitrogens with two attached hydrogens (primary N) is 1. The van der Waals surface area contributed by atoms with Gasteiger partial charge in [0.15, 0.2) is 5.76 Å². The molecule has 20 heavy (non-hydrogen) atoms. The first kappa shape index (κ1) is 15.1. The van der Waals surface area contributed by atoms with Crippen molar-refractivity contribution in [2.45, 2.75) is 45.2 Å². The van der Waals surface area contributed by atoms with Crippen LogP contribution in [0.1, 0.15) is 48.9 Å². The quantitative estimate of drug-likeness (QED) is 0.778. The molecule has 0 saturated carbocycles. The summed E-state index contributed by atoms with van der Waals surface area (Å²) in [6.45, 7) is 5.52. The number of nitrogens with zero attached hydrogens (tertiary/aromatic N) is 1. The van der Waals surface area contributed by atoms with E-state index in [1.54, 1.807) is 12.1 Å². The Labute approximate surface area is 120 Å². The molecule has 1 atom stereocenters. The Bertz CT molecular complexity index is 431. The number of hydrogen-bond acceptors (Lipinski definition) is 4. The molecular weight excluding hydrogens is 254 g/mol. The number of rotatable bonds is 6. The zero-order valence-electron chi connectivity index (χ0n) is 12.2. The Morgan fingerprint density at radius 3 is 3.05 bits per heavy atom. The lowest BCUT2D eigenvalue weighted by molar-refractivity contribution is 0.0919. The predicted molar refractivity (Wildman–Crippen MR) is 78.4 cm³/mol. The number of piperidine rings is 1. The molecule has 5 heteroatoms. The van der Waals surface area contributed by atoms with Gasteiger partial charge < -0.3 is 20.4 Å². The van der Waals surface area contributed by atoms with Crippen molar-refractivity contribution in [1.29, 1.82) is 0 Å². The first-order valence-corrected chi connectivity index (χ1v) is 7.51. The average molecular weight is 279 g/mol. The average Bonchev–Trinajstić information content (AvgIpc) is 2.94. The molecule has 1 aliphatic rings. The highest BCUT2D eigenvalue weighted by Gasteiger charge is 2.17. The minimum Gasteiger partial charge on any atom is -0.455 e. The lowest BCUT2D eigenvalue weighted by Crippen LogP contribution is -2.39. The molecule has 5 nitrogen and oxygen atoms in total. The lowest BCUT2D eigenvalue weighted by Gasteiger charge is -2.33. The minimum atomic E-state index is -0.156. The van der Waals surface area contributed by atoms with E-state index in [1.807, 2.05) is 0 Å². The van der Waals surface area contributed by atoms with Crippen LogP contribution in [0.3, 0.4) is 0 Å². The van der Waals surface area contributed by atoms with Gasteiger partial charge in [-0.1, -0.05) is 6.42 Å². The molecule has 2 heterocycles. The number of likely N-dealkylation sites (tertiary alicyclic amines) is 1. The summed E-state index contributed by atoms with van der Waals surface area (Å²) >= 11 is 0. The topological polar surface area (TPSA) is 71.5 Å². The second kappa shape index (κ2) is 7.45. The summed E-state index contributed by atoms with van der Waals surface area (Å²) in [7, 11) is 0. The Morgan fingerprint density at radius 2 is 2.35 bits per heavy atom. The van der Waals surface area contributed by atoms with E-state index in [4.69, 9.17) is 10.2 Å². The van der Waals surface area contributed by atoms with E-state index < -0.39 is 0 Å². The Balaban J connectivity index is 1.66. The third-order valence-electron chi connectivity index (χ3n) is 3.93. The zero-order valence-corrected chi connectivity index (χ0v) is 12.2. The maximum Gasteiger partial charge on any atom is 0.286 e. The van der Waals surface area contributed by atoms with Crippen LogP contribution in [0, 0.1) is 0 Å². The zero-order chi connectivity index (χ0) is 14.4. The van der Waals surface area contributed by atoms with Gasteiger partial charge in [0.1, 0.15) is 5.76 Å². The first-order chi connectivity index (χ1) is 9.70. The van der Waals surface area contributed by atoms with Crippen molar-refractivity contribution in [3.8, 4) is 0 Å². The Hall–Kier alpha value is -1.33. The fourth-order valence-corrected chi connectivity index (χ4v) is 2.67. The van der Waals surface area contributed by atoms with Crippen LogP contribution < -0.4 is 11.1 Å². The molecular formula is C15H25N3O2. The van der Waals surface area contributed by atoms with E-state index >= 15 is 0 Å². The van der Waals surface area contributed by atoms with Gasteiger partial charge in [0.25, 0.3) is 5.91 Å². The van der Waals surface area contributed by atoms with E-state index in [2.05, 4.69) is 17.1 Å². The highest BCUT2D eigenvalue weighted by molar-refractivity contribution is 5.91. The standard InChI is InChI=1S/C15H25N3O2/c1-12-5-2-3-9-18(12)10-4-8-17-15(19)14-7-6-13(11-16)20-14/h6-7,12H,2-5,8-11,16H2,1H3,(H,17,19). The van der Waals surface area contributed by atoms with E-state index in [0.717, 1.165) is 13.0 Å². The van der Waals surface area contributed by atoms with Crippen LogP contribution in [0.2, 0.25) is 0 Å². The van der Waals surface area contributed by atoms with Gasteiger partial charge in [0.05, 0.1) is 6.54 Å². The van der Waals surface area contributed by atoms with E-state index in [9.17, 15) is 4.79 Å². The fourth-order valence-electron chi connectivity index (χ4n) is 2.67. The monoisotopic (exact) mass is 279 g/mol.